The Morgan fingerprint density at radius 2 is 1.77 bits per heavy atom. The molecule has 12 heteroatoms. The van der Waals surface area contributed by atoms with Crippen LogP contribution in [0.5, 0.6) is 17.4 Å². The van der Waals surface area contributed by atoms with Gasteiger partial charge in [0.1, 0.15) is 18.1 Å². The largest absolute Gasteiger partial charge is 0.497 e. The van der Waals surface area contributed by atoms with Crippen LogP contribution in [0.1, 0.15) is 15.9 Å². The Balaban J connectivity index is 1.41. The number of nitrogens with zero attached hydrogens (tertiary/aromatic N) is 4. The lowest BCUT2D eigenvalue weighted by molar-refractivity contribution is -0.137. The third-order valence-electron chi connectivity index (χ3n) is 5.00. The maximum atomic E-state index is 12.7. The van der Waals surface area contributed by atoms with Gasteiger partial charge in [0.2, 0.25) is 5.88 Å². The number of amides is 1. The predicted octanol–water partition coefficient (Wildman–Crippen LogP) is 3.64. The monoisotopic (exact) mass is 487 g/mol. The van der Waals surface area contributed by atoms with E-state index in [9.17, 15) is 18.0 Å². The lowest BCUT2D eigenvalue weighted by Gasteiger charge is -2.10. The van der Waals surface area contributed by atoms with Crippen molar-refractivity contribution >= 4 is 11.6 Å². The zero-order valence-corrected chi connectivity index (χ0v) is 18.7. The molecule has 35 heavy (non-hydrogen) atoms. The van der Waals surface area contributed by atoms with Crippen LogP contribution in [0.25, 0.3) is 17.0 Å². The van der Waals surface area contributed by atoms with Gasteiger partial charge in [0.05, 0.1) is 31.9 Å². The second-order valence-electron chi connectivity index (χ2n) is 7.21. The number of halogens is 3. The number of benzene rings is 2. The molecule has 1 amide bonds. The Bertz CT molecular complexity index is 1340. The summed E-state index contributed by atoms with van der Waals surface area (Å²) in [5.74, 6) is 1.31. The molecule has 2 heterocycles. The van der Waals surface area contributed by atoms with Crippen molar-refractivity contribution in [3.05, 3.63) is 65.7 Å². The first-order valence-electron chi connectivity index (χ1n) is 10.3. The number of carbonyl (C=O) groups is 1. The third-order valence-corrected chi connectivity index (χ3v) is 5.00. The number of nitrogens with one attached hydrogen (secondary N) is 1. The van der Waals surface area contributed by atoms with E-state index < -0.39 is 17.6 Å². The van der Waals surface area contributed by atoms with Crippen molar-refractivity contribution in [2.24, 2.45) is 0 Å². The quantitative estimate of drug-likeness (QED) is 0.379. The topological polar surface area (TPSA) is 99.9 Å². The standard InChI is InChI=1S/C23H20F3N5O4/c1-33-16-7-8-18(34-2)17(13-16)21-29-28-19-9-10-20(30-31(19)21)35-12-11-27-22(32)14-3-5-15(6-4-14)23(24,25)26/h3-10,13H,11-12H2,1-2H3,(H,27,32). The van der Waals surface area contributed by atoms with Crippen molar-refractivity contribution < 1.29 is 32.2 Å². The highest BCUT2D eigenvalue weighted by molar-refractivity contribution is 5.94. The van der Waals surface area contributed by atoms with Crippen LogP contribution in [0, 0.1) is 0 Å². The van der Waals surface area contributed by atoms with E-state index in [0.717, 1.165) is 24.3 Å². The van der Waals surface area contributed by atoms with Gasteiger partial charge in [-0.15, -0.1) is 15.3 Å². The highest BCUT2D eigenvalue weighted by atomic mass is 19.4. The minimum Gasteiger partial charge on any atom is -0.497 e. The van der Waals surface area contributed by atoms with Crippen LogP contribution in [0.4, 0.5) is 13.2 Å². The molecule has 0 spiro atoms. The first kappa shape index (κ1) is 23.8. The van der Waals surface area contributed by atoms with E-state index in [0.29, 0.717) is 28.5 Å². The van der Waals surface area contributed by atoms with Crippen LogP contribution < -0.4 is 19.5 Å². The minimum absolute atomic E-state index is 0.0742. The molecule has 0 unspecified atom stereocenters. The molecule has 1 N–H and O–H groups in total. The molecule has 2 aromatic heterocycles. The van der Waals surface area contributed by atoms with E-state index >= 15 is 0 Å². The maximum Gasteiger partial charge on any atom is 0.416 e. The van der Waals surface area contributed by atoms with Gasteiger partial charge in [-0.3, -0.25) is 4.79 Å². The van der Waals surface area contributed by atoms with E-state index in [4.69, 9.17) is 14.2 Å². The van der Waals surface area contributed by atoms with Crippen LogP contribution in [-0.2, 0) is 6.18 Å². The van der Waals surface area contributed by atoms with E-state index in [1.807, 2.05) is 0 Å². The van der Waals surface area contributed by atoms with E-state index in [-0.39, 0.29) is 24.6 Å². The molecule has 4 aromatic rings. The molecule has 0 atom stereocenters. The highest BCUT2D eigenvalue weighted by Crippen LogP contribution is 2.32. The van der Waals surface area contributed by atoms with Gasteiger partial charge in [-0.25, -0.2) is 0 Å². The van der Waals surface area contributed by atoms with E-state index in [1.165, 1.54) is 11.6 Å². The molecule has 0 radical (unpaired) electrons. The van der Waals surface area contributed by atoms with Gasteiger partial charge >= 0.3 is 6.18 Å². The molecule has 4 rings (SSSR count). The molecule has 0 fully saturated rings. The van der Waals surface area contributed by atoms with Crippen LogP contribution in [-0.4, -0.2) is 53.1 Å². The van der Waals surface area contributed by atoms with Crippen molar-refractivity contribution in [1.29, 1.82) is 0 Å². The average molecular weight is 487 g/mol. The average Bonchev–Trinajstić information content (AvgIpc) is 3.28. The summed E-state index contributed by atoms with van der Waals surface area (Å²) in [6.07, 6.45) is -4.46. The van der Waals surface area contributed by atoms with Gasteiger partial charge in [0.15, 0.2) is 11.5 Å². The molecule has 182 valence electrons. The van der Waals surface area contributed by atoms with E-state index in [2.05, 4.69) is 20.6 Å². The molecule has 0 saturated carbocycles. The van der Waals surface area contributed by atoms with Crippen molar-refractivity contribution in [3.63, 3.8) is 0 Å². The van der Waals surface area contributed by atoms with Crippen LogP contribution >= 0.6 is 0 Å². The lowest BCUT2D eigenvalue weighted by atomic mass is 10.1. The smallest absolute Gasteiger partial charge is 0.416 e. The first-order valence-corrected chi connectivity index (χ1v) is 10.3. The first-order chi connectivity index (χ1) is 16.8. The Hall–Kier alpha value is -4.35. The van der Waals surface area contributed by atoms with Crippen molar-refractivity contribution in [2.75, 3.05) is 27.4 Å². The molecule has 0 bridgehead atoms. The summed E-state index contributed by atoms with van der Waals surface area (Å²) in [5.41, 5.74) is 0.387. The van der Waals surface area contributed by atoms with Gasteiger partial charge in [0.25, 0.3) is 5.91 Å². The fourth-order valence-corrected chi connectivity index (χ4v) is 3.24. The molecule has 9 nitrogen and oxygen atoms in total. The molecular formula is C23H20F3N5O4. The van der Waals surface area contributed by atoms with Gasteiger partial charge < -0.3 is 19.5 Å². The van der Waals surface area contributed by atoms with Crippen LogP contribution in [0.2, 0.25) is 0 Å². The fraction of sp³-hybridized carbons (Fsp3) is 0.217. The van der Waals surface area contributed by atoms with Crippen molar-refractivity contribution in [2.45, 2.75) is 6.18 Å². The third kappa shape index (κ3) is 5.26. The number of hydrogen-bond donors (Lipinski definition) is 1. The molecule has 0 aliphatic carbocycles. The Kier molecular flexibility index (Phi) is 6.71. The van der Waals surface area contributed by atoms with E-state index in [1.54, 1.807) is 37.4 Å². The molecule has 2 aromatic carbocycles. The second kappa shape index (κ2) is 9.87. The van der Waals surface area contributed by atoms with Crippen LogP contribution in [0.3, 0.4) is 0 Å². The SMILES string of the molecule is COc1ccc(OC)c(-c2nnc3ccc(OCCNC(=O)c4ccc(C(F)(F)F)cc4)nn23)c1. The van der Waals surface area contributed by atoms with Gasteiger partial charge in [-0.05, 0) is 48.5 Å². The lowest BCUT2D eigenvalue weighted by Crippen LogP contribution is -2.28. The zero-order valence-electron chi connectivity index (χ0n) is 18.7. The van der Waals surface area contributed by atoms with Gasteiger partial charge in [-0.2, -0.15) is 17.7 Å². The minimum atomic E-state index is -4.46. The molecule has 0 aliphatic heterocycles. The summed E-state index contributed by atoms with van der Waals surface area (Å²) in [5, 5.41) is 15.3. The highest BCUT2D eigenvalue weighted by Gasteiger charge is 2.30. The summed E-state index contributed by atoms with van der Waals surface area (Å²) in [6, 6.07) is 12.5. The fourth-order valence-electron chi connectivity index (χ4n) is 3.24. The number of alkyl halides is 3. The van der Waals surface area contributed by atoms with Crippen LogP contribution in [0.15, 0.2) is 54.6 Å². The second-order valence-corrected chi connectivity index (χ2v) is 7.21. The number of ether oxygens (including phenoxy) is 3. The normalized spacial score (nSPS) is 11.3. The zero-order chi connectivity index (χ0) is 25.0. The number of rotatable bonds is 8. The van der Waals surface area contributed by atoms with Gasteiger partial charge in [-0.1, -0.05) is 0 Å². The number of aromatic nitrogens is 4. The number of carbonyl (C=O) groups excluding carboxylic acids is 1. The maximum absolute atomic E-state index is 12.7. The summed E-state index contributed by atoms with van der Waals surface area (Å²) in [4.78, 5) is 12.2. The van der Waals surface area contributed by atoms with Gasteiger partial charge in [0, 0.05) is 11.6 Å². The molecular weight excluding hydrogens is 467 g/mol. The summed E-state index contributed by atoms with van der Waals surface area (Å²) >= 11 is 0. The Morgan fingerprint density at radius 3 is 2.46 bits per heavy atom. The molecule has 0 aliphatic rings. The number of fused-ring (bicyclic) bond motifs is 1. The predicted molar refractivity (Wildman–Crippen MR) is 119 cm³/mol. The van der Waals surface area contributed by atoms with Crippen molar-refractivity contribution in [1.82, 2.24) is 25.1 Å². The number of hydrogen-bond acceptors (Lipinski definition) is 7. The summed E-state index contributed by atoms with van der Waals surface area (Å²) in [7, 11) is 3.09. The Morgan fingerprint density at radius 1 is 1.00 bits per heavy atom. The summed E-state index contributed by atoms with van der Waals surface area (Å²) < 4.78 is 55.8. The molecule has 0 saturated heterocycles. The number of methoxy groups -OCH3 is 2. The van der Waals surface area contributed by atoms with Crippen molar-refractivity contribution in [3.8, 4) is 28.8 Å². The Labute approximate surface area is 197 Å². The summed E-state index contributed by atoms with van der Waals surface area (Å²) in [6.45, 7) is 0.184.